The lowest BCUT2D eigenvalue weighted by molar-refractivity contribution is -0.384. The lowest BCUT2D eigenvalue weighted by atomic mass is 10.2. The molecule has 2 aromatic rings. The van der Waals surface area contributed by atoms with Gasteiger partial charge in [0.2, 0.25) is 9.84 Å². The summed E-state index contributed by atoms with van der Waals surface area (Å²) in [5.74, 6) is 0. The van der Waals surface area contributed by atoms with Gasteiger partial charge in [0.05, 0.1) is 27.4 Å². The lowest BCUT2D eigenvalue weighted by Gasteiger charge is -2.24. The average molecular weight is 408 g/mol. The second-order valence-corrected chi connectivity index (χ2v) is 9.70. The molecule has 0 unspecified atom stereocenters. The van der Waals surface area contributed by atoms with Gasteiger partial charge in [-0.25, -0.2) is 18.2 Å². The summed E-state index contributed by atoms with van der Waals surface area (Å²) in [7, 11) is -3.82. The summed E-state index contributed by atoms with van der Waals surface area (Å²) in [6.45, 7) is 5.50. The fourth-order valence-corrected chi connectivity index (χ4v) is 4.44. The van der Waals surface area contributed by atoms with Gasteiger partial charge >= 0.3 is 6.09 Å². The van der Waals surface area contributed by atoms with Crippen molar-refractivity contribution in [2.24, 2.45) is 0 Å². The van der Waals surface area contributed by atoms with E-state index >= 15 is 0 Å². The molecule has 1 aromatic heterocycles. The van der Waals surface area contributed by atoms with Gasteiger partial charge in [0, 0.05) is 25.2 Å². The molecule has 0 aliphatic carbocycles. The number of amides is 1. The first-order chi connectivity index (χ1) is 13.0. The molecule has 1 aliphatic rings. The van der Waals surface area contributed by atoms with E-state index in [0.29, 0.717) is 0 Å². The maximum atomic E-state index is 12.9. The van der Waals surface area contributed by atoms with Crippen molar-refractivity contribution < 1.29 is 22.9 Å². The predicted molar refractivity (Wildman–Crippen MR) is 99.6 cm³/mol. The molecule has 0 bridgehead atoms. The number of nitrogens with zero attached hydrogens (tertiary/aromatic N) is 4. The number of ether oxygens (including phenoxy) is 1. The van der Waals surface area contributed by atoms with E-state index in [2.05, 4.69) is 9.97 Å². The summed E-state index contributed by atoms with van der Waals surface area (Å²) in [4.78, 5) is 31.9. The van der Waals surface area contributed by atoms with Gasteiger partial charge in [-0.3, -0.25) is 15.1 Å². The number of hydrogen-bond donors (Lipinski definition) is 0. The molecule has 0 spiro atoms. The van der Waals surface area contributed by atoms with Gasteiger partial charge < -0.3 is 9.64 Å². The third-order valence-corrected chi connectivity index (χ3v) is 6.28. The molecule has 11 heteroatoms. The number of rotatable bonds is 3. The van der Waals surface area contributed by atoms with Crippen LogP contribution in [0.5, 0.6) is 0 Å². The number of nitro benzene ring substituents is 1. The van der Waals surface area contributed by atoms with Crippen molar-refractivity contribution in [3.05, 3.63) is 34.5 Å². The van der Waals surface area contributed by atoms with Crippen LogP contribution in [0.25, 0.3) is 11.0 Å². The molecule has 1 saturated heterocycles. The fourth-order valence-electron chi connectivity index (χ4n) is 2.88. The molecule has 0 N–H and O–H groups in total. The second kappa shape index (κ2) is 6.97. The predicted octanol–water partition coefficient (Wildman–Crippen LogP) is 2.32. The van der Waals surface area contributed by atoms with Gasteiger partial charge in [0.1, 0.15) is 5.60 Å². The zero-order valence-electron chi connectivity index (χ0n) is 15.7. The van der Waals surface area contributed by atoms with Crippen molar-refractivity contribution in [3.8, 4) is 0 Å². The van der Waals surface area contributed by atoms with Crippen molar-refractivity contribution in [1.82, 2.24) is 14.9 Å². The van der Waals surface area contributed by atoms with Gasteiger partial charge in [-0.05, 0) is 33.3 Å². The molecule has 1 aromatic carbocycles. The quantitative estimate of drug-likeness (QED) is 0.558. The summed E-state index contributed by atoms with van der Waals surface area (Å²) >= 11 is 0. The Labute approximate surface area is 161 Å². The molecular weight excluding hydrogens is 388 g/mol. The van der Waals surface area contributed by atoms with Crippen LogP contribution >= 0.6 is 0 Å². The largest absolute Gasteiger partial charge is 0.444 e. The molecule has 28 heavy (non-hydrogen) atoms. The molecule has 0 saturated carbocycles. The highest BCUT2D eigenvalue weighted by Gasteiger charge is 2.38. The van der Waals surface area contributed by atoms with Crippen molar-refractivity contribution in [2.45, 2.75) is 43.1 Å². The van der Waals surface area contributed by atoms with Crippen LogP contribution in [-0.2, 0) is 14.6 Å². The van der Waals surface area contributed by atoms with Crippen molar-refractivity contribution >= 4 is 32.7 Å². The van der Waals surface area contributed by atoms with Crippen molar-refractivity contribution in [2.75, 3.05) is 13.1 Å². The van der Waals surface area contributed by atoms with E-state index in [1.807, 2.05) is 0 Å². The zero-order valence-corrected chi connectivity index (χ0v) is 16.5. The van der Waals surface area contributed by atoms with Gasteiger partial charge in [-0.1, -0.05) is 0 Å². The van der Waals surface area contributed by atoms with Gasteiger partial charge in [-0.2, -0.15) is 0 Å². The molecule has 3 rings (SSSR count). The molecule has 10 nitrogen and oxygen atoms in total. The van der Waals surface area contributed by atoms with Crippen LogP contribution in [0.3, 0.4) is 0 Å². The van der Waals surface area contributed by atoms with Gasteiger partial charge in [0.25, 0.3) is 5.69 Å². The van der Waals surface area contributed by atoms with E-state index in [1.54, 1.807) is 20.8 Å². The van der Waals surface area contributed by atoms with Crippen LogP contribution in [0, 0.1) is 10.1 Å². The minimum atomic E-state index is -3.82. The SMILES string of the molecule is CC(C)(C)OC(=O)N1CC[C@H](S(=O)(=O)c2cnc3cc([N+](=O)[O-])ccc3n2)C1. The number of aromatic nitrogens is 2. The molecule has 1 atom stereocenters. The highest BCUT2D eigenvalue weighted by atomic mass is 32.2. The van der Waals surface area contributed by atoms with Crippen LogP contribution < -0.4 is 0 Å². The maximum Gasteiger partial charge on any atom is 0.410 e. The van der Waals surface area contributed by atoms with Crippen LogP contribution in [0.4, 0.5) is 10.5 Å². The lowest BCUT2D eigenvalue weighted by Crippen LogP contribution is -2.36. The number of hydrogen-bond acceptors (Lipinski definition) is 8. The van der Waals surface area contributed by atoms with E-state index in [0.717, 1.165) is 6.20 Å². The Kier molecular flexibility index (Phi) is 4.96. The minimum absolute atomic E-state index is 0.0111. The highest BCUT2D eigenvalue weighted by Crippen LogP contribution is 2.26. The first-order valence-electron chi connectivity index (χ1n) is 8.60. The van der Waals surface area contributed by atoms with Crippen LogP contribution in [0.2, 0.25) is 0 Å². The third kappa shape index (κ3) is 4.03. The number of carbonyl (C=O) groups excluding carboxylic acids is 1. The van der Waals surface area contributed by atoms with E-state index < -0.39 is 31.7 Å². The number of likely N-dealkylation sites (tertiary alicyclic amines) is 1. The molecule has 1 aliphatic heterocycles. The van der Waals surface area contributed by atoms with E-state index in [4.69, 9.17) is 4.74 Å². The average Bonchev–Trinajstić information content (AvgIpc) is 3.10. The molecular formula is C17H20N4O6S. The molecule has 150 valence electrons. The minimum Gasteiger partial charge on any atom is -0.444 e. The number of fused-ring (bicyclic) bond motifs is 1. The fraction of sp³-hybridized carbons (Fsp3) is 0.471. The Morgan fingerprint density at radius 1 is 1.32 bits per heavy atom. The van der Waals surface area contributed by atoms with Crippen molar-refractivity contribution in [1.29, 1.82) is 0 Å². The van der Waals surface area contributed by atoms with Crippen LogP contribution in [-0.4, -0.2) is 58.2 Å². The Morgan fingerprint density at radius 2 is 2.04 bits per heavy atom. The Morgan fingerprint density at radius 3 is 2.68 bits per heavy atom. The Bertz CT molecular complexity index is 1050. The first-order valence-corrected chi connectivity index (χ1v) is 10.1. The topological polar surface area (TPSA) is 133 Å². The van der Waals surface area contributed by atoms with Crippen LogP contribution in [0.1, 0.15) is 27.2 Å². The Hall–Kier alpha value is -2.82. The standard InChI is InChI=1S/C17H20N4O6S/c1-17(2,3)27-16(22)20-7-6-12(10-20)28(25,26)15-9-18-14-8-11(21(23)24)4-5-13(14)19-15/h4-5,8-9,12H,6-7,10H2,1-3H3/t12-/m0/s1. The smallest absolute Gasteiger partial charge is 0.410 e. The van der Waals surface area contributed by atoms with E-state index in [-0.39, 0.29) is 41.3 Å². The van der Waals surface area contributed by atoms with E-state index in [1.165, 1.54) is 23.1 Å². The Balaban J connectivity index is 1.82. The number of nitro groups is 1. The maximum absolute atomic E-state index is 12.9. The summed E-state index contributed by atoms with van der Waals surface area (Å²) in [5, 5.41) is 9.80. The molecule has 2 heterocycles. The van der Waals surface area contributed by atoms with E-state index in [9.17, 15) is 23.3 Å². The molecule has 1 amide bonds. The van der Waals surface area contributed by atoms with Gasteiger partial charge in [-0.15, -0.1) is 0 Å². The zero-order chi connectivity index (χ0) is 20.7. The third-order valence-electron chi connectivity index (χ3n) is 4.24. The number of sulfone groups is 1. The summed E-state index contributed by atoms with van der Waals surface area (Å²) in [6, 6.07) is 3.84. The van der Waals surface area contributed by atoms with Crippen molar-refractivity contribution in [3.63, 3.8) is 0 Å². The first kappa shape index (κ1) is 19.9. The number of benzene rings is 1. The second-order valence-electron chi connectivity index (χ2n) is 7.52. The molecule has 0 radical (unpaired) electrons. The summed E-state index contributed by atoms with van der Waals surface area (Å²) in [6.07, 6.45) is 0.807. The summed E-state index contributed by atoms with van der Waals surface area (Å²) in [5.41, 5.74) is -0.342. The van der Waals surface area contributed by atoms with Gasteiger partial charge in [0.15, 0.2) is 5.03 Å². The van der Waals surface area contributed by atoms with Crippen LogP contribution in [0.15, 0.2) is 29.4 Å². The highest BCUT2D eigenvalue weighted by molar-refractivity contribution is 7.92. The normalized spacial score (nSPS) is 17.7. The number of carbonyl (C=O) groups is 1. The molecule has 1 fully saturated rings. The summed E-state index contributed by atoms with van der Waals surface area (Å²) < 4.78 is 31.1. The number of non-ortho nitro benzene ring substituents is 1. The monoisotopic (exact) mass is 408 g/mol.